The van der Waals surface area contributed by atoms with E-state index in [1.54, 1.807) is 13.3 Å². The summed E-state index contributed by atoms with van der Waals surface area (Å²) in [5.41, 5.74) is 1.85. The Balaban J connectivity index is 1.80. The maximum absolute atomic E-state index is 5.32. The van der Waals surface area contributed by atoms with Crippen molar-refractivity contribution in [1.29, 1.82) is 0 Å². The maximum atomic E-state index is 5.32. The molecule has 3 heterocycles. The number of aryl methyl sites for hydroxylation is 1. The molecule has 2 unspecified atom stereocenters. The molecule has 6 heteroatoms. The number of hydrogen-bond donors (Lipinski definition) is 1. The molecular formula is C13H16N4O2. The number of ether oxygens (including phenoxy) is 1. The van der Waals surface area contributed by atoms with Crippen molar-refractivity contribution in [3.05, 3.63) is 29.8 Å². The van der Waals surface area contributed by atoms with Gasteiger partial charge in [0.05, 0.1) is 12.1 Å². The molecule has 1 N–H and O–H groups in total. The zero-order chi connectivity index (χ0) is 13.2. The molecule has 0 radical (unpaired) electrons. The van der Waals surface area contributed by atoms with Crippen molar-refractivity contribution >= 4 is 0 Å². The van der Waals surface area contributed by atoms with Gasteiger partial charge in [0.15, 0.2) is 0 Å². The lowest BCUT2D eigenvalue weighted by Crippen LogP contribution is -2.16. The Labute approximate surface area is 111 Å². The van der Waals surface area contributed by atoms with Crippen LogP contribution in [0.3, 0.4) is 0 Å². The second-order valence-electron chi connectivity index (χ2n) is 4.73. The summed E-state index contributed by atoms with van der Waals surface area (Å²) in [6.45, 7) is 2.81. The van der Waals surface area contributed by atoms with E-state index >= 15 is 0 Å². The van der Waals surface area contributed by atoms with E-state index in [-0.39, 0.29) is 12.1 Å². The number of pyridine rings is 1. The molecule has 0 aliphatic carbocycles. The number of aromatic nitrogens is 3. The van der Waals surface area contributed by atoms with Crippen molar-refractivity contribution in [3.63, 3.8) is 0 Å². The Morgan fingerprint density at radius 1 is 1.47 bits per heavy atom. The first-order valence-electron chi connectivity index (χ1n) is 6.29. The Bertz CT molecular complexity index is 569. The van der Waals surface area contributed by atoms with E-state index in [0.717, 1.165) is 24.2 Å². The van der Waals surface area contributed by atoms with Crippen LogP contribution < -0.4 is 5.32 Å². The van der Waals surface area contributed by atoms with Gasteiger partial charge >= 0.3 is 0 Å². The van der Waals surface area contributed by atoms with E-state index in [2.05, 4.69) is 20.4 Å². The van der Waals surface area contributed by atoms with E-state index in [1.807, 2.05) is 19.1 Å². The van der Waals surface area contributed by atoms with Crippen LogP contribution in [0, 0.1) is 6.92 Å². The highest BCUT2D eigenvalue weighted by Gasteiger charge is 2.29. The van der Waals surface area contributed by atoms with Crippen LogP contribution in [0.4, 0.5) is 0 Å². The molecule has 1 aliphatic rings. The molecule has 100 valence electrons. The molecule has 2 aromatic heterocycles. The second-order valence-corrected chi connectivity index (χ2v) is 4.73. The van der Waals surface area contributed by atoms with Gasteiger partial charge in [-0.25, -0.2) is 0 Å². The highest BCUT2D eigenvalue weighted by molar-refractivity contribution is 5.49. The topological polar surface area (TPSA) is 73.1 Å². The van der Waals surface area contributed by atoms with Gasteiger partial charge in [-0.3, -0.25) is 4.98 Å². The minimum atomic E-state index is 0.0657. The van der Waals surface area contributed by atoms with Crippen molar-refractivity contribution in [2.24, 2.45) is 0 Å². The van der Waals surface area contributed by atoms with Gasteiger partial charge in [0, 0.05) is 19.9 Å². The quantitative estimate of drug-likeness (QED) is 0.901. The number of nitrogens with zero attached hydrogens (tertiary/aromatic N) is 3. The fraction of sp³-hybridized carbons (Fsp3) is 0.462. The van der Waals surface area contributed by atoms with Gasteiger partial charge in [0.1, 0.15) is 5.69 Å². The standard InChI is InChI=1S/C13H16N4O2/c1-8-3-4-14-10(5-8)12-16-13(19-17-12)11-6-9(18-2)7-15-11/h3-5,9,11,15H,6-7H2,1-2H3. The van der Waals surface area contributed by atoms with Gasteiger partial charge in [-0.1, -0.05) is 5.16 Å². The first-order valence-corrected chi connectivity index (χ1v) is 6.29. The summed E-state index contributed by atoms with van der Waals surface area (Å²) in [7, 11) is 1.71. The third-order valence-electron chi connectivity index (χ3n) is 3.31. The van der Waals surface area contributed by atoms with E-state index in [0.29, 0.717) is 11.7 Å². The third-order valence-corrected chi connectivity index (χ3v) is 3.31. The van der Waals surface area contributed by atoms with Crippen molar-refractivity contribution in [1.82, 2.24) is 20.4 Å². The Kier molecular flexibility index (Phi) is 3.27. The fourth-order valence-electron chi connectivity index (χ4n) is 2.21. The second kappa shape index (κ2) is 5.07. The number of hydrogen-bond acceptors (Lipinski definition) is 6. The molecule has 0 spiro atoms. The predicted molar refractivity (Wildman–Crippen MR) is 68.4 cm³/mol. The van der Waals surface area contributed by atoms with Crippen molar-refractivity contribution in [2.45, 2.75) is 25.5 Å². The largest absolute Gasteiger partial charge is 0.380 e. The monoisotopic (exact) mass is 260 g/mol. The van der Waals surface area contributed by atoms with Crippen LogP contribution >= 0.6 is 0 Å². The summed E-state index contributed by atoms with van der Waals surface area (Å²) in [5, 5.41) is 7.30. The molecule has 0 aromatic carbocycles. The number of methoxy groups -OCH3 is 1. The van der Waals surface area contributed by atoms with Gasteiger partial charge in [-0.2, -0.15) is 4.98 Å². The maximum Gasteiger partial charge on any atom is 0.244 e. The normalized spacial score (nSPS) is 22.8. The molecule has 3 rings (SSSR count). The average molecular weight is 260 g/mol. The minimum Gasteiger partial charge on any atom is -0.380 e. The van der Waals surface area contributed by atoms with E-state index in [9.17, 15) is 0 Å². The summed E-state index contributed by atoms with van der Waals surface area (Å²) >= 11 is 0. The Morgan fingerprint density at radius 3 is 3.11 bits per heavy atom. The first kappa shape index (κ1) is 12.3. The summed E-state index contributed by atoms with van der Waals surface area (Å²) in [6, 6.07) is 3.94. The Morgan fingerprint density at radius 2 is 2.37 bits per heavy atom. The summed E-state index contributed by atoms with van der Waals surface area (Å²) in [5.74, 6) is 1.12. The predicted octanol–water partition coefficient (Wildman–Crippen LogP) is 1.49. The lowest BCUT2D eigenvalue weighted by atomic mass is 10.2. The molecule has 19 heavy (non-hydrogen) atoms. The van der Waals surface area contributed by atoms with Crippen molar-refractivity contribution < 1.29 is 9.26 Å². The lowest BCUT2D eigenvalue weighted by Gasteiger charge is -2.04. The van der Waals surface area contributed by atoms with Crippen LogP contribution in [0.5, 0.6) is 0 Å². The Hall–Kier alpha value is -1.79. The highest BCUT2D eigenvalue weighted by atomic mass is 16.5. The van der Waals surface area contributed by atoms with E-state index in [4.69, 9.17) is 9.26 Å². The molecule has 0 bridgehead atoms. The molecule has 0 saturated carbocycles. The van der Waals surface area contributed by atoms with Gasteiger partial charge in [-0.15, -0.1) is 0 Å². The smallest absolute Gasteiger partial charge is 0.244 e. The molecule has 6 nitrogen and oxygen atoms in total. The SMILES string of the molecule is COC1CNC(c2nc(-c3cc(C)ccn3)no2)C1. The summed E-state index contributed by atoms with van der Waals surface area (Å²) in [4.78, 5) is 8.66. The summed E-state index contributed by atoms with van der Waals surface area (Å²) in [6.07, 6.45) is 2.80. The van der Waals surface area contributed by atoms with Crippen LogP contribution in [-0.2, 0) is 4.74 Å². The van der Waals surface area contributed by atoms with Gasteiger partial charge in [0.2, 0.25) is 11.7 Å². The zero-order valence-corrected chi connectivity index (χ0v) is 11.0. The fourth-order valence-corrected chi connectivity index (χ4v) is 2.21. The van der Waals surface area contributed by atoms with Gasteiger partial charge in [-0.05, 0) is 31.0 Å². The van der Waals surface area contributed by atoms with Crippen LogP contribution in [0.15, 0.2) is 22.9 Å². The molecule has 1 saturated heterocycles. The molecule has 1 fully saturated rings. The number of rotatable bonds is 3. The van der Waals surface area contributed by atoms with Crippen molar-refractivity contribution in [3.8, 4) is 11.5 Å². The molecule has 0 amide bonds. The third kappa shape index (κ3) is 2.50. The van der Waals surface area contributed by atoms with Crippen LogP contribution in [-0.4, -0.2) is 34.9 Å². The van der Waals surface area contributed by atoms with Crippen LogP contribution in [0.2, 0.25) is 0 Å². The summed E-state index contributed by atoms with van der Waals surface area (Å²) < 4.78 is 10.6. The molecule has 2 atom stereocenters. The zero-order valence-electron chi connectivity index (χ0n) is 11.0. The van der Waals surface area contributed by atoms with Crippen molar-refractivity contribution in [2.75, 3.05) is 13.7 Å². The van der Waals surface area contributed by atoms with E-state index < -0.39 is 0 Å². The van der Waals surface area contributed by atoms with Gasteiger partial charge in [0.25, 0.3) is 0 Å². The molecule has 2 aromatic rings. The minimum absolute atomic E-state index is 0.0657. The lowest BCUT2D eigenvalue weighted by molar-refractivity contribution is 0.116. The highest BCUT2D eigenvalue weighted by Crippen LogP contribution is 2.25. The van der Waals surface area contributed by atoms with Gasteiger partial charge < -0.3 is 14.6 Å². The number of nitrogens with one attached hydrogen (secondary N) is 1. The average Bonchev–Trinajstić information content (AvgIpc) is 3.07. The molecule has 1 aliphatic heterocycles. The first-order chi connectivity index (χ1) is 9.26. The molecular weight excluding hydrogens is 244 g/mol. The van der Waals surface area contributed by atoms with Crippen LogP contribution in [0.1, 0.15) is 23.9 Å². The van der Waals surface area contributed by atoms with E-state index in [1.165, 1.54) is 0 Å². The van der Waals surface area contributed by atoms with Crippen LogP contribution in [0.25, 0.3) is 11.5 Å².